The number of aliphatic carboxylic acids is 2. The molecule has 1 aromatic carbocycles. The first-order chi connectivity index (χ1) is 10.5. The molecule has 1 atom stereocenters. The maximum atomic E-state index is 10.3. The van der Waals surface area contributed by atoms with Gasteiger partial charge < -0.3 is 26.2 Å². The fourth-order valence-electron chi connectivity index (χ4n) is 1.45. The molecule has 8 heteroatoms. The molecule has 2 aromatic rings. The summed E-state index contributed by atoms with van der Waals surface area (Å²) in [4.78, 5) is 26.9. The normalized spacial score (nSPS) is 11.0. The Morgan fingerprint density at radius 2 is 1.95 bits per heavy atom. The lowest BCUT2D eigenvalue weighted by Crippen LogP contribution is -2.32. The fourth-order valence-corrected chi connectivity index (χ4v) is 1.45. The van der Waals surface area contributed by atoms with Crippen molar-refractivity contribution in [1.29, 1.82) is 0 Å². The Kier molecular flexibility index (Phi) is 7.14. The molecule has 22 heavy (non-hydrogen) atoms. The first-order valence-corrected chi connectivity index (χ1v) is 6.45. The second-order valence-electron chi connectivity index (χ2n) is 4.34. The van der Waals surface area contributed by atoms with E-state index >= 15 is 0 Å². The monoisotopic (exact) mass is 306 g/mol. The SMILES string of the molecule is NC(Cc1cnc[nH]1)C(=O)O.O=C(O)CNc1ccccc1. The molecule has 0 fully saturated rings. The van der Waals surface area contributed by atoms with Crippen LogP contribution in [-0.4, -0.2) is 44.7 Å². The van der Waals surface area contributed by atoms with Gasteiger partial charge in [0.25, 0.3) is 0 Å². The number of aromatic nitrogens is 2. The van der Waals surface area contributed by atoms with E-state index in [-0.39, 0.29) is 13.0 Å². The van der Waals surface area contributed by atoms with E-state index in [0.29, 0.717) is 0 Å². The Hall–Kier alpha value is -2.87. The van der Waals surface area contributed by atoms with E-state index in [1.807, 2.05) is 30.3 Å². The average Bonchev–Trinajstić information content (AvgIpc) is 3.00. The number of benzene rings is 1. The molecule has 0 aliphatic rings. The number of carbonyl (C=O) groups is 2. The Morgan fingerprint density at radius 3 is 2.45 bits per heavy atom. The van der Waals surface area contributed by atoms with E-state index in [2.05, 4.69) is 15.3 Å². The van der Waals surface area contributed by atoms with Gasteiger partial charge in [0.05, 0.1) is 6.33 Å². The summed E-state index contributed by atoms with van der Waals surface area (Å²) >= 11 is 0. The number of carboxylic acids is 2. The van der Waals surface area contributed by atoms with E-state index in [9.17, 15) is 9.59 Å². The molecule has 0 amide bonds. The standard InChI is InChI=1S/C8H9NO2.C6H9N3O2/c10-8(11)6-9-7-4-2-1-3-5-7;7-5(6(10)11)1-4-2-8-3-9-4/h1-5,9H,6H2,(H,10,11);2-3,5H,1,7H2,(H,8,9)(H,10,11). The van der Waals surface area contributed by atoms with E-state index in [4.69, 9.17) is 15.9 Å². The number of hydrogen-bond donors (Lipinski definition) is 5. The van der Waals surface area contributed by atoms with Crippen molar-refractivity contribution in [2.45, 2.75) is 12.5 Å². The largest absolute Gasteiger partial charge is 0.480 e. The van der Waals surface area contributed by atoms with Crippen molar-refractivity contribution in [3.05, 3.63) is 48.5 Å². The van der Waals surface area contributed by atoms with Gasteiger partial charge in [0.1, 0.15) is 12.6 Å². The molecule has 1 aromatic heterocycles. The van der Waals surface area contributed by atoms with Crippen LogP contribution in [0.5, 0.6) is 0 Å². The van der Waals surface area contributed by atoms with Gasteiger partial charge in [-0.2, -0.15) is 0 Å². The van der Waals surface area contributed by atoms with Gasteiger partial charge in [-0.1, -0.05) is 18.2 Å². The number of para-hydroxylation sites is 1. The zero-order valence-electron chi connectivity index (χ0n) is 11.8. The minimum atomic E-state index is -1.00. The first-order valence-electron chi connectivity index (χ1n) is 6.45. The Labute approximate surface area is 127 Å². The van der Waals surface area contributed by atoms with Crippen LogP contribution in [0.25, 0.3) is 0 Å². The molecule has 0 saturated heterocycles. The number of nitrogens with two attached hydrogens (primary N) is 1. The minimum absolute atomic E-state index is 0.0377. The number of hydrogen-bond acceptors (Lipinski definition) is 5. The number of imidazole rings is 1. The van der Waals surface area contributed by atoms with Gasteiger partial charge in [0.15, 0.2) is 0 Å². The number of anilines is 1. The summed E-state index contributed by atoms with van der Waals surface area (Å²) in [5.74, 6) is -1.85. The van der Waals surface area contributed by atoms with Crippen LogP contribution in [0, 0.1) is 0 Å². The van der Waals surface area contributed by atoms with Crippen molar-refractivity contribution < 1.29 is 19.8 Å². The lowest BCUT2D eigenvalue weighted by atomic mass is 10.2. The Bertz CT molecular complexity index is 572. The van der Waals surface area contributed by atoms with Crippen molar-refractivity contribution >= 4 is 17.6 Å². The highest BCUT2D eigenvalue weighted by Gasteiger charge is 2.12. The lowest BCUT2D eigenvalue weighted by Gasteiger charge is -2.02. The second-order valence-corrected chi connectivity index (χ2v) is 4.34. The van der Waals surface area contributed by atoms with Crippen molar-refractivity contribution in [2.24, 2.45) is 5.73 Å². The molecule has 0 bridgehead atoms. The molecule has 118 valence electrons. The van der Waals surface area contributed by atoms with Gasteiger partial charge >= 0.3 is 11.9 Å². The number of carboxylic acid groups (broad SMARTS) is 2. The van der Waals surface area contributed by atoms with E-state index in [1.54, 1.807) is 6.20 Å². The topological polar surface area (TPSA) is 141 Å². The molecule has 0 aliphatic heterocycles. The summed E-state index contributed by atoms with van der Waals surface area (Å²) in [5, 5.41) is 19.5. The van der Waals surface area contributed by atoms with E-state index in [1.165, 1.54) is 6.33 Å². The third kappa shape index (κ3) is 7.06. The molecule has 8 nitrogen and oxygen atoms in total. The summed E-state index contributed by atoms with van der Waals surface area (Å²) in [5.41, 5.74) is 6.83. The minimum Gasteiger partial charge on any atom is -0.480 e. The van der Waals surface area contributed by atoms with Gasteiger partial charge in [0, 0.05) is 24.0 Å². The molecule has 0 spiro atoms. The summed E-state index contributed by atoms with van der Waals surface area (Å²) in [7, 11) is 0. The summed E-state index contributed by atoms with van der Waals surface area (Å²) in [6, 6.07) is 8.38. The van der Waals surface area contributed by atoms with Crippen molar-refractivity contribution in [2.75, 3.05) is 11.9 Å². The van der Waals surface area contributed by atoms with Crippen molar-refractivity contribution in [1.82, 2.24) is 9.97 Å². The number of nitrogens with zero attached hydrogens (tertiary/aromatic N) is 1. The maximum absolute atomic E-state index is 10.3. The molecular weight excluding hydrogens is 288 g/mol. The maximum Gasteiger partial charge on any atom is 0.322 e. The molecule has 0 radical (unpaired) electrons. The van der Waals surface area contributed by atoms with Crippen LogP contribution < -0.4 is 11.1 Å². The zero-order chi connectivity index (χ0) is 16.4. The van der Waals surface area contributed by atoms with Crippen LogP contribution in [0.1, 0.15) is 5.69 Å². The molecule has 0 saturated carbocycles. The molecule has 6 N–H and O–H groups in total. The van der Waals surface area contributed by atoms with Gasteiger partial charge in [0.2, 0.25) is 0 Å². The van der Waals surface area contributed by atoms with Crippen LogP contribution in [0.3, 0.4) is 0 Å². The summed E-state index contributed by atoms with van der Waals surface area (Å²) in [6.45, 7) is -0.0377. The van der Waals surface area contributed by atoms with Crippen LogP contribution in [0.4, 0.5) is 5.69 Å². The van der Waals surface area contributed by atoms with Crippen LogP contribution >= 0.6 is 0 Å². The lowest BCUT2D eigenvalue weighted by molar-refractivity contribution is -0.138. The predicted octanol–water partition coefficient (Wildman–Crippen LogP) is 0.547. The van der Waals surface area contributed by atoms with Crippen LogP contribution in [0.2, 0.25) is 0 Å². The highest BCUT2D eigenvalue weighted by atomic mass is 16.4. The van der Waals surface area contributed by atoms with Gasteiger partial charge in [-0.15, -0.1) is 0 Å². The van der Waals surface area contributed by atoms with Gasteiger partial charge in [-0.05, 0) is 12.1 Å². The third-order valence-electron chi connectivity index (χ3n) is 2.53. The number of H-pyrrole nitrogens is 1. The van der Waals surface area contributed by atoms with E-state index in [0.717, 1.165) is 11.4 Å². The average molecular weight is 306 g/mol. The second kappa shape index (κ2) is 9.14. The molecule has 1 heterocycles. The molecular formula is C14H18N4O4. The third-order valence-corrected chi connectivity index (χ3v) is 2.53. The highest BCUT2D eigenvalue weighted by Crippen LogP contribution is 2.03. The quantitative estimate of drug-likeness (QED) is 0.524. The molecule has 2 rings (SSSR count). The van der Waals surface area contributed by atoms with E-state index < -0.39 is 18.0 Å². The fraction of sp³-hybridized carbons (Fsp3) is 0.214. The predicted molar refractivity (Wildman–Crippen MR) is 80.5 cm³/mol. The Morgan fingerprint density at radius 1 is 1.27 bits per heavy atom. The smallest absolute Gasteiger partial charge is 0.322 e. The van der Waals surface area contributed by atoms with Crippen LogP contribution in [0.15, 0.2) is 42.9 Å². The number of rotatable bonds is 6. The van der Waals surface area contributed by atoms with Crippen LogP contribution in [-0.2, 0) is 16.0 Å². The molecule has 1 unspecified atom stereocenters. The first kappa shape index (κ1) is 17.2. The van der Waals surface area contributed by atoms with Gasteiger partial charge in [-0.25, -0.2) is 4.98 Å². The van der Waals surface area contributed by atoms with Crippen molar-refractivity contribution in [3.8, 4) is 0 Å². The highest BCUT2D eigenvalue weighted by molar-refractivity contribution is 5.73. The Balaban J connectivity index is 0.000000220. The zero-order valence-corrected chi connectivity index (χ0v) is 11.8. The summed E-state index contributed by atoms with van der Waals surface area (Å²) < 4.78 is 0. The summed E-state index contributed by atoms with van der Waals surface area (Å²) in [6.07, 6.45) is 3.34. The number of aromatic amines is 1. The molecule has 0 aliphatic carbocycles. The van der Waals surface area contributed by atoms with Crippen molar-refractivity contribution in [3.63, 3.8) is 0 Å². The van der Waals surface area contributed by atoms with Gasteiger partial charge in [-0.3, -0.25) is 9.59 Å². The number of nitrogens with one attached hydrogen (secondary N) is 2.